The Morgan fingerprint density at radius 2 is 2.21 bits per heavy atom. The molecule has 1 saturated heterocycles. The maximum atomic E-state index is 12.3. The maximum absolute atomic E-state index is 12.3. The first kappa shape index (κ1) is 20.5. The van der Waals surface area contributed by atoms with Crippen LogP contribution < -0.4 is 11.1 Å². The molecular weight excluding hydrogens is 376 g/mol. The second kappa shape index (κ2) is 9.31. The first-order valence-electron chi connectivity index (χ1n) is 9.61. The lowest BCUT2D eigenvalue weighted by Crippen LogP contribution is -2.52. The van der Waals surface area contributed by atoms with Gasteiger partial charge in [0.05, 0.1) is 12.1 Å². The molecule has 2 aromatic heterocycles. The van der Waals surface area contributed by atoms with E-state index in [9.17, 15) is 9.59 Å². The van der Waals surface area contributed by atoms with Gasteiger partial charge < -0.3 is 20.5 Å². The molecule has 1 fully saturated rings. The first-order chi connectivity index (χ1) is 13.5. The third-order valence-electron chi connectivity index (χ3n) is 5.17. The molecule has 3 heterocycles. The second-order valence-corrected chi connectivity index (χ2v) is 7.99. The van der Waals surface area contributed by atoms with Gasteiger partial charge >= 0.3 is 0 Å². The van der Waals surface area contributed by atoms with Gasteiger partial charge in [0.1, 0.15) is 10.8 Å². The summed E-state index contributed by atoms with van der Waals surface area (Å²) in [7, 11) is 0. The van der Waals surface area contributed by atoms with E-state index < -0.39 is 5.91 Å². The zero-order chi connectivity index (χ0) is 20.1. The minimum Gasteiger partial charge on any atom is -0.366 e. The molecule has 8 nitrogen and oxygen atoms in total. The summed E-state index contributed by atoms with van der Waals surface area (Å²) in [6.45, 7) is 9.63. The smallest absolute Gasteiger partial charge is 0.251 e. The molecule has 0 bridgehead atoms. The van der Waals surface area contributed by atoms with Crippen LogP contribution in [-0.4, -0.2) is 63.4 Å². The number of amides is 2. The van der Waals surface area contributed by atoms with Gasteiger partial charge in [-0.1, -0.05) is 0 Å². The standard InChI is InChI=1S/C19H28N6O2S/c1-3-24-8-6-21-16(24)13-25-10-9-23(12-14(25)2)7-4-17(26)22-19-15(18(20)27)5-11-28-19/h5-6,8,11,14H,3-4,7,9-10,12-13H2,1-2H3,(H2,20,27)(H,22,26). The molecule has 3 N–H and O–H groups in total. The van der Waals surface area contributed by atoms with Crippen LogP contribution in [0.2, 0.25) is 0 Å². The molecule has 0 saturated carbocycles. The predicted molar refractivity (Wildman–Crippen MR) is 110 cm³/mol. The highest BCUT2D eigenvalue weighted by molar-refractivity contribution is 7.14. The van der Waals surface area contributed by atoms with Gasteiger partial charge in [0.25, 0.3) is 5.91 Å². The first-order valence-corrected chi connectivity index (χ1v) is 10.5. The number of imidazole rings is 1. The number of anilines is 1. The lowest BCUT2D eigenvalue weighted by atomic mass is 10.1. The fourth-order valence-electron chi connectivity index (χ4n) is 3.52. The molecule has 0 aliphatic carbocycles. The molecule has 1 aliphatic rings. The second-order valence-electron chi connectivity index (χ2n) is 7.08. The number of piperazine rings is 1. The Bertz CT molecular complexity index is 817. The summed E-state index contributed by atoms with van der Waals surface area (Å²) in [6.07, 6.45) is 4.27. The molecule has 1 aliphatic heterocycles. The monoisotopic (exact) mass is 404 g/mol. The van der Waals surface area contributed by atoms with Crippen molar-refractivity contribution >= 4 is 28.2 Å². The van der Waals surface area contributed by atoms with E-state index >= 15 is 0 Å². The molecule has 0 spiro atoms. The molecule has 152 valence electrons. The zero-order valence-corrected chi connectivity index (χ0v) is 17.2. The number of carbonyl (C=O) groups excluding carboxylic acids is 2. The number of aromatic nitrogens is 2. The summed E-state index contributed by atoms with van der Waals surface area (Å²) in [6, 6.07) is 2.03. The molecule has 2 amide bonds. The van der Waals surface area contributed by atoms with Gasteiger partial charge in [-0.15, -0.1) is 11.3 Å². The number of hydrogen-bond acceptors (Lipinski definition) is 6. The van der Waals surface area contributed by atoms with Gasteiger partial charge in [-0.2, -0.15) is 0 Å². The number of nitrogens with one attached hydrogen (secondary N) is 1. The average Bonchev–Trinajstić information content (AvgIpc) is 3.31. The molecule has 1 atom stereocenters. The normalized spacial score (nSPS) is 18.3. The van der Waals surface area contributed by atoms with Gasteiger partial charge in [0.15, 0.2) is 0 Å². The van der Waals surface area contributed by atoms with E-state index in [4.69, 9.17) is 5.73 Å². The lowest BCUT2D eigenvalue weighted by molar-refractivity contribution is -0.116. The van der Waals surface area contributed by atoms with Gasteiger partial charge in [-0.25, -0.2) is 4.98 Å². The Morgan fingerprint density at radius 3 is 2.93 bits per heavy atom. The van der Waals surface area contributed by atoms with E-state index in [0.29, 0.717) is 29.6 Å². The fraction of sp³-hybridized carbons (Fsp3) is 0.526. The largest absolute Gasteiger partial charge is 0.366 e. The summed E-state index contributed by atoms with van der Waals surface area (Å²) in [5.74, 6) is 0.485. The molecule has 0 radical (unpaired) electrons. The third kappa shape index (κ3) is 4.98. The van der Waals surface area contributed by atoms with Crippen molar-refractivity contribution in [2.75, 3.05) is 31.5 Å². The van der Waals surface area contributed by atoms with Crippen LogP contribution in [0.15, 0.2) is 23.8 Å². The van der Waals surface area contributed by atoms with Crippen LogP contribution in [0.4, 0.5) is 5.00 Å². The van der Waals surface area contributed by atoms with Crippen LogP contribution in [0, 0.1) is 0 Å². The van der Waals surface area contributed by atoms with E-state index in [2.05, 4.69) is 38.5 Å². The van der Waals surface area contributed by atoms with Crippen molar-refractivity contribution in [2.24, 2.45) is 5.73 Å². The minimum atomic E-state index is -0.523. The van der Waals surface area contributed by atoms with E-state index in [1.54, 1.807) is 11.4 Å². The number of aryl methyl sites for hydroxylation is 1. The third-order valence-corrected chi connectivity index (χ3v) is 6.00. The van der Waals surface area contributed by atoms with Crippen molar-refractivity contribution in [1.29, 1.82) is 0 Å². The fourth-order valence-corrected chi connectivity index (χ4v) is 4.33. The van der Waals surface area contributed by atoms with Gasteiger partial charge in [-0.05, 0) is 25.3 Å². The number of thiophene rings is 1. The Hall–Kier alpha value is -2.23. The quantitative estimate of drug-likeness (QED) is 0.697. The summed E-state index contributed by atoms with van der Waals surface area (Å²) in [5, 5.41) is 5.08. The number of carbonyl (C=O) groups is 2. The van der Waals surface area contributed by atoms with Crippen molar-refractivity contribution in [3.8, 4) is 0 Å². The Balaban J connectivity index is 1.45. The van der Waals surface area contributed by atoms with E-state index in [1.165, 1.54) is 11.3 Å². The number of hydrogen-bond donors (Lipinski definition) is 2. The summed E-state index contributed by atoms with van der Waals surface area (Å²) in [4.78, 5) is 32.8. The van der Waals surface area contributed by atoms with Crippen LogP contribution in [0.25, 0.3) is 0 Å². The highest BCUT2D eigenvalue weighted by Crippen LogP contribution is 2.23. The van der Waals surface area contributed by atoms with Crippen molar-refractivity contribution in [2.45, 2.75) is 39.4 Å². The number of primary amides is 1. The summed E-state index contributed by atoms with van der Waals surface area (Å²) in [5.41, 5.74) is 5.68. The van der Waals surface area contributed by atoms with E-state index in [1.807, 2.05) is 12.4 Å². The Kier molecular flexibility index (Phi) is 6.82. The molecule has 3 rings (SSSR count). The van der Waals surface area contributed by atoms with Crippen LogP contribution in [0.3, 0.4) is 0 Å². The van der Waals surface area contributed by atoms with E-state index in [0.717, 1.165) is 38.5 Å². The molecule has 0 aromatic carbocycles. The topological polar surface area (TPSA) is 96.5 Å². The Labute approximate surface area is 169 Å². The molecule has 2 aromatic rings. The van der Waals surface area contributed by atoms with Crippen molar-refractivity contribution in [1.82, 2.24) is 19.4 Å². The average molecular weight is 405 g/mol. The van der Waals surface area contributed by atoms with Gasteiger partial charge in [0, 0.05) is 57.6 Å². The number of rotatable bonds is 8. The summed E-state index contributed by atoms with van der Waals surface area (Å²) < 4.78 is 2.17. The SMILES string of the molecule is CCn1ccnc1CN1CCN(CCC(=O)Nc2sccc2C(N)=O)CC1C. The molecular formula is C19H28N6O2S. The maximum Gasteiger partial charge on any atom is 0.251 e. The number of nitrogens with zero attached hydrogens (tertiary/aromatic N) is 4. The van der Waals surface area contributed by atoms with Crippen molar-refractivity contribution in [3.05, 3.63) is 35.2 Å². The van der Waals surface area contributed by atoms with Crippen LogP contribution in [0.1, 0.15) is 36.5 Å². The summed E-state index contributed by atoms with van der Waals surface area (Å²) >= 11 is 1.31. The molecule has 9 heteroatoms. The van der Waals surface area contributed by atoms with E-state index in [-0.39, 0.29) is 5.91 Å². The predicted octanol–water partition coefficient (Wildman–Crippen LogP) is 1.60. The van der Waals surface area contributed by atoms with Crippen LogP contribution in [0.5, 0.6) is 0 Å². The molecule has 28 heavy (non-hydrogen) atoms. The van der Waals surface area contributed by atoms with Crippen molar-refractivity contribution in [3.63, 3.8) is 0 Å². The molecule has 1 unspecified atom stereocenters. The lowest BCUT2D eigenvalue weighted by Gasteiger charge is -2.39. The van der Waals surface area contributed by atoms with Crippen LogP contribution >= 0.6 is 11.3 Å². The van der Waals surface area contributed by atoms with Gasteiger partial charge in [-0.3, -0.25) is 14.5 Å². The minimum absolute atomic E-state index is 0.0926. The zero-order valence-electron chi connectivity index (χ0n) is 16.4. The highest BCUT2D eigenvalue weighted by atomic mass is 32.1. The van der Waals surface area contributed by atoms with Gasteiger partial charge in [0.2, 0.25) is 5.91 Å². The van der Waals surface area contributed by atoms with Crippen molar-refractivity contribution < 1.29 is 9.59 Å². The van der Waals surface area contributed by atoms with Crippen LogP contribution in [-0.2, 0) is 17.9 Å². The Morgan fingerprint density at radius 1 is 1.39 bits per heavy atom. The number of nitrogens with two attached hydrogens (primary N) is 1. The highest BCUT2D eigenvalue weighted by Gasteiger charge is 2.25.